The van der Waals surface area contributed by atoms with Crippen LogP contribution in [0.15, 0.2) is 218 Å². The monoisotopic (exact) mass is 910 g/mol. The van der Waals surface area contributed by atoms with Gasteiger partial charge in [0.25, 0.3) is 0 Å². The van der Waals surface area contributed by atoms with Gasteiger partial charge in [0.05, 0.1) is 27.8 Å². The quantitative estimate of drug-likeness (QED) is 0.158. The van der Waals surface area contributed by atoms with Crippen molar-refractivity contribution in [2.45, 2.75) is 19.3 Å². The second-order valence-electron chi connectivity index (χ2n) is 18.7. The van der Waals surface area contributed by atoms with Gasteiger partial charge < -0.3 is 4.57 Å². The molecule has 0 spiro atoms. The lowest BCUT2D eigenvalue weighted by Gasteiger charge is -2.21. The van der Waals surface area contributed by atoms with Gasteiger partial charge >= 0.3 is 0 Å². The van der Waals surface area contributed by atoms with Crippen molar-refractivity contribution in [1.82, 2.24) is 39.0 Å². The molecule has 0 atom stereocenters. The molecule has 0 bridgehead atoms. The Morgan fingerprint density at radius 3 is 1.35 bits per heavy atom. The molecule has 8 nitrogen and oxygen atoms in total. The summed E-state index contributed by atoms with van der Waals surface area (Å²) < 4.78 is 4.63. The third-order valence-electron chi connectivity index (χ3n) is 14.3. The molecule has 0 radical (unpaired) electrons. The molecule has 0 N–H and O–H groups in total. The van der Waals surface area contributed by atoms with Crippen molar-refractivity contribution >= 4 is 43.6 Å². The molecule has 0 saturated heterocycles. The molecule has 0 unspecified atom stereocenters. The molecule has 8 heteroatoms. The van der Waals surface area contributed by atoms with Gasteiger partial charge in [0, 0.05) is 54.8 Å². The van der Waals surface area contributed by atoms with E-state index in [9.17, 15) is 0 Å². The van der Waals surface area contributed by atoms with Gasteiger partial charge in [0.2, 0.25) is 5.95 Å². The zero-order valence-electron chi connectivity index (χ0n) is 38.9. The molecule has 9 aromatic carbocycles. The van der Waals surface area contributed by atoms with Crippen LogP contribution in [-0.4, -0.2) is 39.0 Å². The van der Waals surface area contributed by atoms with E-state index < -0.39 is 0 Å². The summed E-state index contributed by atoms with van der Waals surface area (Å²) in [5, 5.41) is 4.38. The van der Waals surface area contributed by atoms with Crippen molar-refractivity contribution in [3.05, 3.63) is 230 Å². The third kappa shape index (κ3) is 6.38. The van der Waals surface area contributed by atoms with E-state index in [1.165, 1.54) is 22.3 Å². The number of hydrogen-bond acceptors (Lipinski definition) is 6. The zero-order valence-corrected chi connectivity index (χ0v) is 38.9. The first kappa shape index (κ1) is 40.6. The van der Waals surface area contributed by atoms with Crippen LogP contribution in [-0.2, 0) is 5.41 Å². The molecule has 4 aromatic heterocycles. The van der Waals surface area contributed by atoms with E-state index in [0.717, 1.165) is 77.1 Å². The Bertz CT molecular complexity index is 4190. The Labute approximate surface area is 409 Å². The first-order chi connectivity index (χ1) is 35.0. The van der Waals surface area contributed by atoms with Crippen molar-refractivity contribution < 1.29 is 0 Å². The van der Waals surface area contributed by atoms with Crippen LogP contribution in [0.2, 0.25) is 0 Å². The molecule has 4 heterocycles. The van der Waals surface area contributed by atoms with Crippen LogP contribution in [0.4, 0.5) is 0 Å². The molecule has 0 saturated carbocycles. The summed E-state index contributed by atoms with van der Waals surface area (Å²) in [6.07, 6.45) is 0. The van der Waals surface area contributed by atoms with Crippen molar-refractivity contribution in [1.29, 1.82) is 0 Å². The fourth-order valence-corrected chi connectivity index (χ4v) is 10.9. The number of rotatable bonds is 7. The van der Waals surface area contributed by atoms with Crippen LogP contribution in [0, 0.1) is 0 Å². The number of aromatic nitrogens is 8. The molecule has 0 aliphatic heterocycles. The molecule has 14 rings (SSSR count). The van der Waals surface area contributed by atoms with Crippen molar-refractivity contribution in [3.63, 3.8) is 0 Å². The second-order valence-corrected chi connectivity index (χ2v) is 18.7. The molecular weight excluding hydrogens is 869 g/mol. The van der Waals surface area contributed by atoms with Gasteiger partial charge in [-0.1, -0.05) is 202 Å². The smallest absolute Gasteiger partial charge is 0.238 e. The number of hydrogen-bond donors (Lipinski definition) is 0. The predicted octanol–water partition coefficient (Wildman–Crippen LogP) is 14.9. The molecule has 0 fully saturated rings. The minimum absolute atomic E-state index is 0.199. The summed E-state index contributed by atoms with van der Waals surface area (Å²) in [6.45, 7) is 4.61. The molecule has 0 amide bonds. The summed E-state index contributed by atoms with van der Waals surface area (Å²) >= 11 is 0. The summed E-state index contributed by atoms with van der Waals surface area (Å²) in [7, 11) is 0. The Kier molecular flexibility index (Phi) is 9.06. The van der Waals surface area contributed by atoms with E-state index in [-0.39, 0.29) is 5.41 Å². The number of para-hydroxylation sites is 3. The van der Waals surface area contributed by atoms with Crippen LogP contribution < -0.4 is 0 Å². The molecule has 1 aliphatic rings. The Morgan fingerprint density at radius 1 is 0.310 bits per heavy atom. The molecule has 334 valence electrons. The van der Waals surface area contributed by atoms with Gasteiger partial charge in [-0.2, -0.15) is 9.97 Å². The van der Waals surface area contributed by atoms with Crippen LogP contribution in [0.3, 0.4) is 0 Å². The SMILES string of the molecule is CC1(C)c2ccccc2-c2ccc(-c3nc(-c4ccccc4)nc(-n4c5ccccc5c5ccc6c7ccccc7n(-c7ccccc7-c7nc(-c8ccccc8)nc(-c8ccccc8)n7)c6c54)n3)cc21. The van der Waals surface area contributed by atoms with E-state index in [4.69, 9.17) is 29.9 Å². The van der Waals surface area contributed by atoms with Crippen LogP contribution in [0.25, 0.3) is 123 Å². The van der Waals surface area contributed by atoms with E-state index >= 15 is 0 Å². The Morgan fingerprint density at radius 2 is 0.746 bits per heavy atom. The van der Waals surface area contributed by atoms with Crippen LogP contribution in [0.1, 0.15) is 25.0 Å². The average molecular weight is 911 g/mol. The summed E-state index contributed by atoms with van der Waals surface area (Å²) in [6, 6.07) is 76.1. The predicted molar refractivity (Wildman–Crippen MR) is 287 cm³/mol. The van der Waals surface area contributed by atoms with Gasteiger partial charge in [-0.05, 0) is 52.6 Å². The molecule has 1 aliphatic carbocycles. The maximum absolute atomic E-state index is 5.50. The number of nitrogens with zero attached hydrogens (tertiary/aromatic N) is 8. The first-order valence-corrected chi connectivity index (χ1v) is 24.0. The van der Waals surface area contributed by atoms with Gasteiger partial charge in [-0.3, -0.25) is 4.57 Å². The van der Waals surface area contributed by atoms with Gasteiger partial charge in [-0.25, -0.2) is 19.9 Å². The summed E-state index contributed by atoms with van der Waals surface area (Å²) in [5.74, 6) is 3.50. The van der Waals surface area contributed by atoms with Gasteiger partial charge in [0.1, 0.15) is 0 Å². The highest BCUT2D eigenvalue weighted by Gasteiger charge is 2.35. The second kappa shape index (κ2) is 15.8. The summed E-state index contributed by atoms with van der Waals surface area (Å²) in [4.78, 5) is 31.7. The number of fused-ring (bicyclic) bond motifs is 10. The molecule has 71 heavy (non-hydrogen) atoms. The Hall–Kier alpha value is -9.40. The van der Waals surface area contributed by atoms with Crippen LogP contribution in [0.5, 0.6) is 0 Å². The number of benzene rings is 9. The zero-order chi connectivity index (χ0) is 47.2. The lowest BCUT2D eigenvalue weighted by Crippen LogP contribution is -2.15. The fraction of sp³-hybridized carbons (Fsp3) is 0.0476. The maximum atomic E-state index is 5.50. The minimum Gasteiger partial charge on any atom is -0.306 e. The van der Waals surface area contributed by atoms with E-state index in [1.807, 2.05) is 78.9 Å². The lowest BCUT2D eigenvalue weighted by atomic mass is 9.82. The Balaban J connectivity index is 1.06. The van der Waals surface area contributed by atoms with E-state index in [1.54, 1.807) is 0 Å². The van der Waals surface area contributed by atoms with Crippen molar-refractivity contribution in [2.75, 3.05) is 0 Å². The highest BCUT2D eigenvalue weighted by Crippen LogP contribution is 2.50. The molecule has 13 aromatic rings. The highest BCUT2D eigenvalue weighted by atomic mass is 15.2. The van der Waals surface area contributed by atoms with E-state index in [0.29, 0.717) is 35.1 Å². The van der Waals surface area contributed by atoms with Crippen molar-refractivity contribution in [2.24, 2.45) is 0 Å². The van der Waals surface area contributed by atoms with Gasteiger partial charge in [0.15, 0.2) is 29.1 Å². The lowest BCUT2D eigenvalue weighted by molar-refractivity contribution is 0.660. The minimum atomic E-state index is -0.199. The largest absolute Gasteiger partial charge is 0.306 e. The van der Waals surface area contributed by atoms with Crippen molar-refractivity contribution in [3.8, 4) is 79.7 Å². The molecular formula is C63H42N8. The highest BCUT2D eigenvalue weighted by molar-refractivity contribution is 6.24. The van der Waals surface area contributed by atoms with Gasteiger partial charge in [-0.15, -0.1) is 0 Å². The van der Waals surface area contributed by atoms with E-state index in [2.05, 4.69) is 163 Å². The summed E-state index contributed by atoms with van der Waals surface area (Å²) in [5.41, 5.74) is 14.4. The van der Waals surface area contributed by atoms with Crippen LogP contribution >= 0.6 is 0 Å². The topological polar surface area (TPSA) is 87.2 Å². The standard InChI is InChI=1S/C63H42N8/c1-63(2)50-30-16-12-26-43(50)44-35-34-42(38-51(44)63)60-65-59(41-24-10-5-11-25-41)68-62(69-60)71-53-32-18-14-28-46(53)48-37-36-47-45-27-13-17-31-52(45)70(55(47)56(48)71)54-33-19-15-29-49(54)61-66-57(39-20-6-3-7-21-39)64-58(67-61)40-22-8-4-9-23-40/h3-38H,1-2H3. The third-order valence-corrected chi connectivity index (χ3v) is 14.3. The fourth-order valence-electron chi connectivity index (χ4n) is 10.9. The average Bonchev–Trinajstić information content (AvgIpc) is 4.04. The first-order valence-electron chi connectivity index (χ1n) is 24.0. The normalized spacial score (nSPS) is 12.8. The maximum Gasteiger partial charge on any atom is 0.238 e.